The smallest absolute Gasteiger partial charge is 0.324 e. The molecular weight excluding hydrogens is 458 g/mol. The van der Waals surface area contributed by atoms with Crippen LogP contribution in [-0.2, 0) is 24.3 Å². The maximum atomic E-state index is 14.0. The fourth-order valence-electron chi connectivity index (χ4n) is 3.10. The molecule has 1 N–H and O–H groups in total. The Bertz CT molecular complexity index is 1060. The minimum atomic E-state index is -4.23. The standard InChI is InChI=1S/C19H17Cl2FN2O5S/c20-12-8-13(21)10-14(9-12)23-18(25)11-29-19(26)16-5-3-7-24(16)30(27,28)17-6-2-1-4-15(17)22/h1-2,4,6,8-10,16H,3,5,7,11H2,(H,23,25)/t16-/m1/s1. The molecule has 11 heteroatoms. The van der Waals surface area contributed by atoms with Crippen LogP contribution >= 0.6 is 23.2 Å². The van der Waals surface area contributed by atoms with Crippen molar-refractivity contribution in [2.45, 2.75) is 23.8 Å². The molecule has 0 bridgehead atoms. The number of esters is 1. The highest BCUT2D eigenvalue weighted by molar-refractivity contribution is 7.89. The molecule has 1 aliphatic rings. The molecule has 1 atom stereocenters. The molecule has 0 spiro atoms. The number of anilines is 1. The Labute approximate surface area is 182 Å². The lowest BCUT2D eigenvalue weighted by Crippen LogP contribution is -2.42. The number of nitrogens with zero attached hydrogens (tertiary/aromatic N) is 1. The van der Waals surface area contributed by atoms with Gasteiger partial charge in [-0.3, -0.25) is 9.59 Å². The average molecular weight is 475 g/mol. The number of sulfonamides is 1. The summed E-state index contributed by atoms with van der Waals surface area (Å²) in [5, 5.41) is 3.11. The van der Waals surface area contributed by atoms with Crippen LogP contribution < -0.4 is 5.32 Å². The zero-order chi connectivity index (χ0) is 21.9. The SMILES string of the molecule is O=C(COC(=O)[C@H]1CCCN1S(=O)(=O)c1ccccc1F)Nc1cc(Cl)cc(Cl)c1. The number of carbonyl (C=O) groups excluding carboxylic acids is 2. The predicted molar refractivity (Wildman–Crippen MR) is 109 cm³/mol. The van der Waals surface area contributed by atoms with Gasteiger partial charge >= 0.3 is 5.97 Å². The van der Waals surface area contributed by atoms with Gasteiger partial charge in [0.25, 0.3) is 5.91 Å². The summed E-state index contributed by atoms with van der Waals surface area (Å²) in [5.74, 6) is -2.44. The third-order valence-corrected chi connectivity index (χ3v) is 6.77. The van der Waals surface area contributed by atoms with E-state index in [4.69, 9.17) is 27.9 Å². The molecule has 7 nitrogen and oxygen atoms in total. The minimum absolute atomic E-state index is 0.0453. The Morgan fingerprint density at radius 1 is 1.17 bits per heavy atom. The number of hydrogen-bond acceptors (Lipinski definition) is 5. The third-order valence-electron chi connectivity index (χ3n) is 4.39. The van der Waals surface area contributed by atoms with E-state index in [1.165, 1.54) is 30.3 Å². The van der Waals surface area contributed by atoms with Crippen LogP contribution in [0.15, 0.2) is 47.4 Å². The van der Waals surface area contributed by atoms with Crippen molar-refractivity contribution >= 4 is 50.8 Å². The molecule has 1 amide bonds. The van der Waals surface area contributed by atoms with Crippen molar-refractivity contribution in [3.05, 3.63) is 58.3 Å². The van der Waals surface area contributed by atoms with E-state index < -0.39 is 45.3 Å². The summed E-state index contributed by atoms with van der Waals surface area (Å²) in [5.41, 5.74) is 0.318. The number of rotatable bonds is 6. The number of carbonyl (C=O) groups is 2. The zero-order valence-corrected chi connectivity index (χ0v) is 17.8. The van der Waals surface area contributed by atoms with E-state index in [-0.39, 0.29) is 13.0 Å². The van der Waals surface area contributed by atoms with Crippen molar-refractivity contribution in [1.29, 1.82) is 0 Å². The fourth-order valence-corrected chi connectivity index (χ4v) is 5.34. The molecule has 1 heterocycles. The largest absolute Gasteiger partial charge is 0.454 e. The molecule has 30 heavy (non-hydrogen) atoms. The Balaban J connectivity index is 1.64. The number of ether oxygens (including phenoxy) is 1. The first-order valence-corrected chi connectivity index (χ1v) is 11.1. The van der Waals surface area contributed by atoms with Gasteiger partial charge in [-0.2, -0.15) is 4.31 Å². The lowest BCUT2D eigenvalue weighted by molar-refractivity contribution is -0.150. The van der Waals surface area contributed by atoms with Crippen molar-refractivity contribution in [3.63, 3.8) is 0 Å². The maximum Gasteiger partial charge on any atom is 0.324 e. The van der Waals surface area contributed by atoms with Crippen LogP contribution in [0.25, 0.3) is 0 Å². The van der Waals surface area contributed by atoms with E-state index in [1.54, 1.807) is 0 Å². The van der Waals surface area contributed by atoms with Crippen molar-refractivity contribution < 1.29 is 27.1 Å². The van der Waals surface area contributed by atoms with Gasteiger partial charge < -0.3 is 10.1 Å². The van der Waals surface area contributed by atoms with Gasteiger partial charge in [0.15, 0.2) is 6.61 Å². The fraction of sp³-hybridized carbons (Fsp3) is 0.263. The van der Waals surface area contributed by atoms with E-state index in [2.05, 4.69) is 5.32 Å². The molecule has 2 aromatic rings. The number of halogens is 3. The Hall–Kier alpha value is -2.20. The Morgan fingerprint density at radius 3 is 2.50 bits per heavy atom. The summed E-state index contributed by atoms with van der Waals surface area (Å²) in [6.45, 7) is -0.587. The summed E-state index contributed by atoms with van der Waals surface area (Å²) < 4.78 is 45.5. The summed E-state index contributed by atoms with van der Waals surface area (Å²) in [6.07, 6.45) is 0.610. The van der Waals surface area contributed by atoms with E-state index in [0.29, 0.717) is 22.2 Å². The van der Waals surface area contributed by atoms with Crippen molar-refractivity contribution in [1.82, 2.24) is 4.31 Å². The average Bonchev–Trinajstić information content (AvgIpc) is 3.16. The highest BCUT2D eigenvalue weighted by atomic mass is 35.5. The van der Waals surface area contributed by atoms with Gasteiger partial charge in [0.05, 0.1) is 0 Å². The van der Waals surface area contributed by atoms with Gasteiger partial charge in [0.2, 0.25) is 10.0 Å². The minimum Gasteiger partial charge on any atom is -0.454 e. The molecule has 1 saturated heterocycles. The molecule has 3 rings (SSSR count). The van der Waals surface area contributed by atoms with E-state index in [0.717, 1.165) is 16.4 Å². The first kappa shape index (κ1) is 22.5. The van der Waals surface area contributed by atoms with E-state index >= 15 is 0 Å². The molecular formula is C19H17Cl2FN2O5S. The normalized spacial score (nSPS) is 17.0. The molecule has 0 saturated carbocycles. The molecule has 0 unspecified atom stereocenters. The number of amides is 1. The second kappa shape index (κ2) is 9.30. The molecule has 2 aromatic carbocycles. The van der Waals surface area contributed by atoms with E-state index in [9.17, 15) is 22.4 Å². The first-order chi connectivity index (χ1) is 14.2. The highest BCUT2D eigenvalue weighted by Gasteiger charge is 2.41. The lowest BCUT2D eigenvalue weighted by atomic mass is 10.2. The zero-order valence-electron chi connectivity index (χ0n) is 15.5. The molecule has 0 aliphatic carbocycles. The number of benzene rings is 2. The summed E-state index contributed by atoms with van der Waals surface area (Å²) in [4.78, 5) is 24.0. The number of nitrogens with one attached hydrogen (secondary N) is 1. The topological polar surface area (TPSA) is 92.8 Å². The molecule has 160 valence electrons. The summed E-state index contributed by atoms with van der Waals surface area (Å²) in [7, 11) is -4.23. The van der Waals surface area contributed by atoms with Gasteiger partial charge in [-0.25, -0.2) is 12.8 Å². The summed E-state index contributed by atoms with van der Waals surface area (Å²) >= 11 is 11.7. The van der Waals surface area contributed by atoms with Crippen LogP contribution in [0.3, 0.4) is 0 Å². The highest BCUT2D eigenvalue weighted by Crippen LogP contribution is 2.28. The third kappa shape index (κ3) is 5.10. The monoisotopic (exact) mass is 474 g/mol. The van der Waals surface area contributed by atoms with Crippen LogP contribution in [0.2, 0.25) is 10.0 Å². The number of hydrogen-bond donors (Lipinski definition) is 1. The first-order valence-electron chi connectivity index (χ1n) is 8.87. The van der Waals surface area contributed by atoms with Gasteiger partial charge in [-0.1, -0.05) is 35.3 Å². The van der Waals surface area contributed by atoms with Crippen LogP contribution in [0.1, 0.15) is 12.8 Å². The van der Waals surface area contributed by atoms with E-state index in [1.807, 2.05) is 0 Å². The van der Waals surface area contributed by atoms with Gasteiger partial charge in [0.1, 0.15) is 16.8 Å². The molecule has 1 fully saturated rings. The van der Waals surface area contributed by atoms with Gasteiger partial charge in [-0.15, -0.1) is 0 Å². The lowest BCUT2D eigenvalue weighted by Gasteiger charge is -2.22. The van der Waals surface area contributed by atoms with Crippen molar-refractivity contribution in [2.24, 2.45) is 0 Å². The van der Waals surface area contributed by atoms with Crippen LogP contribution in [-0.4, -0.2) is 43.8 Å². The van der Waals surface area contributed by atoms with Crippen molar-refractivity contribution in [3.8, 4) is 0 Å². The Kier molecular flexibility index (Phi) is 6.97. The summed E-state index contributed by atoms with van der Waals surface area (Å²) in [6, 6.07) is 8.21. The predicted octanol–water partition coefficient (Wildman–Crippen LogP) is 3.47. The molecule has 0 aromatic heterocycles. The maximum absolute atomic E-state index is 14.0. The van der Waals surface area contributed by atoms with Crippen LogP contribution in [0.4, 0.5) is 10.1 Å². The molecule has 0 radical (unpaired) electrons. The quantitative estimate of drug-likeness (QED) is 0.646. The van der Waals surface area contributed by atoms with Crippen molar-refractivity contribution in [2.75, 3.05) is 18.5 Å². The second-order valence-corrected chi connectivity index (χ2v) is 9.25. The molecule has 1 aliphatic heterocycles. The second-order valence-electron chi connectivity index (χ2n) is 6.52. The van der Waals surface area contributed by atoms with Gasteiger partial charge in [-0.05, 0) is 43.2 Å². The van der Waals surface area contributed by atoms with Gasteiger partial charge in [0, 0.05) is 22.3 Å². The van der Waals surface area contributed by atoms with Crippen LogP contribution in [0.5, 0.6) is 0 Å². The van der Waals surface area contributed by atoms with Crippen LogP contribution in [0, 0.1) is 5.82 Å². The Morgan fingerprint density at radius 2 is 1.83 bits per heavy atom.